The number of anilines is 1. The zero-order valence-electron chi connectivity index (χ0n) is 20.7. The Kier molecular flexibility index (Phi) is 7.66. The number of benzene rings is 2. The van der Waals surface area contributed by atoms with Crippen LogP contribution in [0, 0.1) is 0 Å². The van der Waals surface area contributed by atoms with Gasteiger partial charge in [-0.2, -0.15) is 4.31 Å². The van der Waals surface area contributed by atoms with Crippen molar-refractivity contribution in [3.63, 3.8) is 0 Å². The van der Waals surface area contributed by atoms with Crippen molar-refractivity contribution in [2.45, 2.75) is 51.0 Å². The number of imide groups is 1. The van der Waals surface area contributed by atoms with E-state index in [4.69, 9.17) is 0 Å². The van der Waals surface area contributed by atoms with Crippen LogP contribution in [0.4, 0.5) is 10.5 Å². The van der Waals surface area contributed by atoms with Crippen LogP contribution in [0.5, 0.6) is 0 Å². The molecule has 3 rings (SSSR count). The minimum Gasteiger partial charge on any atom is -0.325 e. The number of nitrogens with zero attached hydrogens (tertiary/aromatic N) is 2. The van der Waals surface area contributed by atoms with E-state index in [9.17, 15) is 22.8 Å². The van der Waals surface area contributed by atoms with Crippen LogP contribution in [0.25, 0.3) is 0 Å². The maximum Gasteiger partial charge on any atom is 0.325 e. The number of hydrogen-bond donors (Lipinski definition) is 2. The lowest BCUT2D eigenvalue weighted by molar-refractivity contribution is -0.133. The lowest BCUT2D eigenvalue weighted by atomic mass is 9.90. The average molecular weight is 501 g/mol. The molecular weight excluding hydrogens is 468 g/mol. The predicted molar refractivity (Wildman–Crippen MR) is 133 cm³/mol. The Bertz CT molecular complexity index is 1210. The molecule has 4 amide bonds. The van der Waals surface area contributed by atoms with Gasteiger partial charge in [-0.25, -0.2) is 13.2 Å². The van der Waals surface area contributed by atoms with Gasteiger partial charge in [0, 0.05) is 18.8 Å². The Morgan fingerprint density at radius 1 is 1.03 bits per heavy atom. The number of carbonyl (C=O) groups is 3. The molecule has 0 aliphatic carbocycles. The summed E-state index contributed by atoms with van der Waals surface area (Å²) in [5, 5.41) is 5.31. The lowest BCUT2D eigenvalue weighted by Gasteiger charge is -2.22. The van der Waals surface area contributed by atoms with E-state index in [0.717, 1.165) is 10.5 Å². The van der Waals surface area contributed by atoms with Gasteiger partial charge in [0.15, 0.2) is 0 Å². The second kappa shape index (κ2) is 10.2. The van der Waals surface area contributed by atoms with Crippen LogP contribution >= 0.6 is 0 Å². The Morgan fingerprint density at radius 2 is 1.60 bits per heavy atom. The third kappa shape index (κ3) is 5.23. The first-order chi connectivity index (χ1) is 16.4. The standard InChI is InChI=1S/C25H32N4O5S/c1-6-28(7-2)35(33,34)21-14-12-20(13-15-21)26-22(30)16-29-23(31)25(5,27-24(29)32)19-10-8-18(9-11-19)17(3)4/h8-15,17H,6-7,16H2,1-5H3,(H,26,30)(H,27,32). The molecule has 35 heavy (non-hydrogen) atoms. The molecule has 1 heterocycles. The highest BCUT2D eigenvalue weighted by molar-refractivity contribution is 7.89. The molecule has 1 aliphatic heterocycles. The maximum atomic E-state index is 13.1. The summed E-state index contributed by atoms with van der Waals surface area (Å²) >= 11 is 0. The molecule has 1 unspecified atom stereocenters. The first kappa shape index (κ1) is 26.4. The van der Waals surface area contributed by atoms with Gasteiger partial charge in [-0.05, 0) is 48.2 Å². The third-order valence-electron chi connectivity index (χ3n) is 6.21. The lowest BCUT2D eigenvalue weighted by Crippen LogP contribution is -2.42. The molecule has 1 fully saturated rings. The first-order valence-corrected chi connectivity index (χ1v) is 13.0. The van der Waals surface area contributed by atoms with E-state index in [0.29, 0.717) is 30.3 Å². The SMILES string of the molecule is CCN(CC)S(=O)(=O)c1ccc(NC(=O)CN2C(=O)NC(C)(c3ccc(C(C)C)cc3)C2=O)cc1. The van der Waals surface area contributed by atoms with E-state index in [-0.39, 0.29) is 4.90 Å². The molecule has 0 bridgehead atoms. The van der Waals surface area contributed by atoms with Gasteiger partial charge in [0.1, 0.15) is 12.1 Å². The zero-order chi connectivity index (χ0) is 26.0. The fraction of sp³-hybridized carbons (Fsp3) is 0.400. The largest absolute Gasteiger partial charge is 0.325 e. The number of amides is 4. The average Bonchev–Trinajstić information content (AvgIpc) is 3.04. The second-order valence-corrected chi connectivity index (χ2v) is 10.8. The van der Waals surface area contributed by atoms with Crippen LogP contribution in [-0.4, -0.2) is 55.1 Å². The van der Waals surface area contributed by atoms with E-state index in [1.807, 2.05) is 24.3 Å². The predicted octanol–water partition coefficient (Wildman–Crippen LogP) is 3.25. The number of rotatable bonds is 9. The fourth-order valence-corrected chi connectivity index (χ4v) is 5.46. The Labute approximate surface area is 206 Å². The number of sulfonamides is 1. The molecule has 9 nitrogen and oxygen atoms in total. The number of urea groups is 1. The third-order valence-corrected chi connectivity index (χ3v) is 8.28. The highest BCUT2D eigenvalue weighted by Gasteiger charge is 2.49. The molecule has 1 saturated heterocycles. The molecule has 2 aromatic carbocycles. The number of carbonyl (C=O) groups excluding carboxylic acids is 3. The fourth-order valence-electron chi connectivity index (χ4n) is 4.00. The Hall–Kier alpha value is -3.24. The van der Waals surface area contributed by atoms with Gasteiger partial charge in [-0.3, -0.25) is 14.5 Å². The number of nitrogens with one attached hydrogen (secondary N) is 2. The van der Waals surface area contributed by atoms with Gasteiger partial charge < -0.3 is 10.6 Å². The molecule has 10 heteroatoms. The van der Waals surface area contributed by atoms with Crippen molar-refractivity contribution in [2.75, 3.05) is 25.0 Å². The van der Waals surface area contributed by atoms with Crippen molar-refractivity contribution in [1.82, 2.24) is 14.5 Å². The summed E-state index contributed by atoms with van der Waals surface area (Å²) in [6.45, 7) is 9.50. The van der Waals surface area contributed by atoms with Gasteiger partial charge in [-0.1, -0.05) is 52.0 Å². The topological polar surface area (TPSA) is 116 Å². The summed E-state index contributed by atoms with van der Waals surface area (Å²) in [5.74, 6) is -0.764. The molecule has 2 N–H and O–H groups in total. The molecule has 0 saturated carbocycles. The Morgan fingerprint density at radius 3 is 2.11 bits per heavy atom. The van der Waals surface area contributed by atoms with E-state index in [2.05, 4.69) is 24.5 Å². The smallest absolute Gasteiger partial charge is 0.325 e. The molecule has 0 spiro atoms. The molecule has 188 valence electrons. The highest BCUT2D eigenvalue weighted by atomic mass is 32.2. The van der Waals surface area contributed by atoms with E-state index >= 15 is 0 Å². The number of hydrogen-bond acceptors (Lipinski definition) is 5. The van der Waals surface area contributed by atoms with Crippen molar-refractivity contribution in [3.8, 4) is 0 Å². The van der Waals surface area contributed by atoms with Crippen molar-refractivity contribution < 1.29 is 22.8 Å². The van der Waals surface area contributed by atoms with Crippen LogP contribution in [0.3, 0.4) is 0 Å². The van der Waals surface area contributed by atoms with Gasteiger partial charge >= 0.3 is 6.03 Å². The second-order valence-electron chi connectivity index (χ2n) is 8.89. The van der Waals surface area contributed by atoms with E-state index in [1.165, 1.54) is 28.6 Å². The van der Waals surface area contributed by atoms with Crippen molar-refractivity contribution in [3.05, 3.63) is 59.7 Å². The van der Waals surface area contributed by atoms with E-state index < -0.39 is 40.0 Å². The summed E-state index contributed by atoms with van der Waals surface area (Å²) in [6.07, 6.45) is 0. The molecule has 2 aromatic rings. The maximum absolute atomic E-state index is 13.1. The summed E-state index contributed by atoms with van der Waals surface area (Å²) in [7, 11) is -3.61. The molecular formula is C25H32N4O5S. The monoisotopic (exact) mass is 500 g/mol. The summed E-state index contributed by atoms with van der Waals surface area (Å²) < 4.78 is 26.6. The van der Waals surface area contributed by atoms with Crippen LogP contribution in [0.1, 0.15) is 51.7 Å². The summed E-state index contributed by atoms with van der Waals surface area (Å²) in [6, 6.07) is 12.6. The van der Waals surface area contributed by atoms with Crippen molar-refractivity contribution in [2.24, 2.45) is 0 Å². The van der Waals surface area contributed by atoms with Crippen molar-refractivity contribution >= 4 is 33.6 Å². The minimum absolute atomic E-state index is 0.118. The van der Waals surface area contributed by atoms with Crippen LogP contribution in [0.2, 0.25) is 0 Å². The molecule has 1 atom stereocenters. The summed E-state index contributed by atoms with van der Waals surface area (Å²) in [4.78, 5) is 39.3. The van der Waals surface area contributed by atoms with Gasteiger partial charge in [0.05, 0.1) is 4.90 Å². The zero-order valence-corrected chi connectivity index (χ0v) is 21.5. The first-order valence-electron chi connectivity index (χ1n) is 11.6. The van der Waals surface area contributed by atoms with E-state index in [1.54, 1.807) is 20.8 Å². The normalized spacial score (nSPS) is 18.3. The highest BCUT2D eigenvalue weighted by Crippen LogP contribution is 2.30. The Balaban J connectivity index is 1.69. The minimum atomic E-state index is -3.61. The van der Waals surface area contributed by atoms with Crippen molar-refractivity contribution in [1.29, 1.82) is 0 Å². The molecule has 1 aliphatic rings. The van der Waals surface area contributed by atoms with Crippen LogP contribution < -0.4 is 10.6 Å². The quantitative estimate of drug-likeness (QED) is 0.513. The van der Waals surface area contributed by atoms with Crippen LogP contribution in [0.15, 0.2) is 53.4 Å². The van der Waals surface area contributed by atoms with Gasteiger partial charge in [-0.15, -0.1) is 0 Å². The van der Waals surface area contributed by atoms with Gasteiger partial charge in [0.2, 0.25) is 15.9 Å². The van der Waals surface area contributed by atoms with Gasteiger partial charge in [0.25, 0.3) is 5.91 Å². The summed E-state index contributed by atoms with van der Waals surface area (Å²) in [5.41, 5.74) is 0.829. The molecule has 0 aromatic heterocycles. The molecule has 0 radical (unpaired) electrons. The van der Waals surface area contributed by atoms with Crippen LogP contribution in [-0.2, 0) is 25.2 Å².